The van der Waals surface area contributed by atoms with Crippen molar-refractivity contribution in [1.29, 1.82) is 0 Å². The summed E-state index contributed by atoms with van der Waals surface area (Å²) in [7, 11) is 0. The molecule has 1 aliphatic rings. The standard InChI is InChI=1S/C19H30N2O4/c1-2-23-10-11-25-14-17-5-3-4-16(12-17)13-21-18(22)19(15-20)6-8-24-9-7-19/h3-5,12H,2,6-11,13-15,20H2,1H3,(H,21,22). The molecule has 6 nitrogen and oxygen atoms in total. The van der Waals surface area contributed by atoms with Crippen molar-refractivity contribution in [3.63, 3.8) is 0 Å². The van der Waals surface area contributed by atoms with E-state index in [2.05, 4.69) is 11.4 Å². The van der Waals surface area contributed by atoms with Crippen LogP contribution in [0.1, 0.15) is 30.9 Å². The molecule has 6 heteroatoms. The molecule has 0 radical (unpaired) electrons. The Labute approximate surface area is 150 Å². The fourth-order valence-corrected chi connectivity index (χ4v) is 2.94. The quantitative estimate of drug-likeness (QED) is 0.627. The summed E-state index contributed by atoms with van der Waals surface area (Å²) in [6, 6.07) is 8.06. The Balaban J connectivity index is 1.81. The van der Waals surface area contributed by atoms with E-state index in [4.69, 9.17) is 19.9 Å². The maximum absolute atomic E-state index is 12.6. The molecule has 0 spiro atoms. The molecule has 1 amide bonds. The number of rotatable bonds is 10. The van der Waals surface area contributed by atoms with E-state index in [9.17, 15) is 4.79 Å². The van der Waals surface area contributed by atoms with E-state index in [1.54, 1.807) is 0 Å². The fourth-order valence-electron chi connectivity index (χ4n) is 2.94. The topological polar surface area (TPSA) is 82.8 Å². The molecule has 0 bridgehead atoms. The lowest BCUT2D eigenvalue weighted by molar-refractivity contribution is -0.136. The SMILES string of the molecule is CCOCCOCc1cccc(CNC(=O)C2(CN)CCOCC2)c1. The number of carbonyl (C=O) groups is 1. The van der Waals surface area contributed by atoms with Crippen molar-refractivity contribution in [2.45, 2.75) is 32.9 Å². The summed E-state index contributed by atoms with van der Waals surface area (Å²) >= 11 is 0. The van der Waals surface area contributed by atoms with Crippen LogP contribution >= 0.6 is 0 Å². The van der Waals surface area contributed by atoms with Crippen molar-refractivity contribution in [1.82, 2.24) is 5.32 Å². The van der Waals surface area contributed by atoms with Gasteiger partial charge in [0, 0.05) is 32.9 Å². The van der Waals surface area contributed by atoms with Gasteiger partial charge in [0.15, 0.2) is 0 Å². The highest BCUT2D eigenvalue weighted by Gasteiger charge is 2.38. The summed E-state index contributed by atoms with van der Waals surface area (Å²) in [5, 5.41) is 3.04. The lowest BCUT2D eigenvalue weighted by Crippen LogP contribution is -2.48. The summed E-state index contributed by atoms with van der Waals surface area (Å²) in [6.07, 6.45) is 1.37. The molecule has 1 saturated heterocycles. The molecule has 140 valence electrons. The van der Waals surface area contributed by atoms with E-state index in [0.29, 0.717) is 65.6 Å². The molecule has 2 rings (SSSR count). The molecule has 0 saturated carbocycles. The molecule has 25 heavy (non-hydrogen) atoms. The molecule has 1 heterocycles. The molecule has 1 aliphatic heterocycles. The number of nitrogens with one attached hydrogen (secondary N) is 1. The zero-order valence-corrected chi connectivity index (χ0v) is 15.1. The number of ether oxygens (including phenoxy) is 3. The Kier molecular flexibility index (Phi) is 8.34. The van der Waals surface area contributed by atoms with Crippen LogP contribution in [0.2, 0.25) is 0 Å². The van der Waals surface area contributed by atoms with Gasteiger partial charge in [-0.2, -0.15) is 0 Å². The highest BCUT2D eigenvalue weighted by Crippen LogP contribution is 2.29. The third-order valence-corrected chi connectivity index (χ3v) is 4.61. The van der Waals surface area contributed by atoms with Gasteiger partial charge in [-0.1, -0.05) is 24.3 Å². The molecular formula is C19H30N2O4. The highest BCUT2D eigenvalue weighted by molar-refractivity contribution is 5.83. The number of nitrogens with two attached hydrogens (primary N) is 1. The van der Waals surface area contributed by atoms with Gasteiger partial charge < -0.3 is 25.3 Å². The van der Waals surface area contributed by atoms with Crippen LogP contribution in [0, 0.1) is 5.41 Å². The lowest BCUT2D eigenvalue weighted by atomic mass is 9.79. The van der Waals surface area contributed by atoms with Crippen LogP contribution < -0.4 is 11.1 Å². The number of hydrogen-bond donors (Lipinski definition) is 2. The van der Waals surface area contributed by atoms with Crippen LogP contribution in [0.5, 0.6) is 0 Å². The second-order valence-corrected chi connectivity index (χ2v) is 6.35. The van der Waals surface area contributed by atoms with E-state index in [1.165, 1.54) is 0 Å². The highest BCUT2D eigenvalue weighted by atomic mass is 16.5. The largest absolute Gasteiger partial charge is 0.381 e. The van der Waals surface area contributed by atoms with Crippen LogP contribution in [0.15, 0.2) is 24.3 Å². The predicted molar refractivity (Wildman–Crippen MR) is 96.0 cm³/mol. The smallest absolute Gasteiger partial charge is 0.227 e. The molecular weight excluding hydrogens is 320 g/mol. The fraction of sp³-hybridized carbons (Fsp3) is 0.632. The zero-order chi connectivity index (χ0) is 18.0. The van der Waals surface area contributed by atoms with Crippen molar-refractivity contribution in [3.8, 4) is 0 Å². The molecule has 0 aliphatic carbocycles. The third-order valence-electron chi connectivity index (χ3n) is 4.61. The minimum Gasteiger partial charge on any atom is -0.381 e. The van der Waals surface area contributed by atoms with Crippen molar-refractivity contribution in [2.75, 3.05) is 39.6 Å². The maximum Gasteiger partial charge on any atom is 0.227 e. The average Bonchev–Trinajstić information content (AvgIpc) is 2.67. The van der Waals surface area contributed by atoms with Crippen molar-refractivity contribution < 1.29 is 19.0 Å². The molecule has 1 fully saturated rings. The van der Waals surface area contributed by atoms with E-state index < -0.39 is 5.41 Å². The average molecular weight is 350 g/mol. The van der Waals surface area contributed by atoms with E-state index in [-0.39, 0.29) is 5.91 Å². The molecule has 0 atom stereocenters. The Bertz CT molecular complexity index is 530. The third kappa shape index (κ3) is 6.08. The van der Waals surface area contributed by atoms with E-state index in [1.807, 2.05) is 25.1 Å². The summed E-state index contributed by atoms with van der Waals surface area (Å²) in [5.74, 6) is 0.0247. The number of hydrogen-bond acceptors (Lipinski definition) is 5. The summed E-state index contributed by atoms with van der Waals surface area (Å²) in [5.41, 5.74) is 7.53. The second-order valence-electron chi connectivity index (χ2n) is 6.35. The van der Waals surface area contributed by atoms with Gasteiger partial charge in [-0.15, -0.1) is 0 Å². The van der Waals surface area contributed by atoms with Gasteiger partial charge in [-0.25, -0.2) is 0 Å². The molecule has 1 aromatic carbocycles. The Morgan fingerprint density at radius 3 is 2.68 bits per heavy atom. The van der Waals surface area contributed by atoms with E-state index >= 15 is 0 Å². The number of carbonyl (C=O) groups excluding carboxylic acids is 1. The molecule has 1 aromatic rings. The first kappa shape index (κ1) is 19.8. The normalized spacial score (nSPS) is 16.6. The summed E-state index contributed by atoms with van der Waals surface area (Å²) in [4.78, 5) is 12.6. The van der Waals surface area contributed by atoms with Crippen LogP contribution in [0.3, 0.4) is 0 Å². The van der Waals surface area contributed by atoms with Crippen molar-refractivity contribution in [3.05, 3.63) is 35.4 Å². The number of benzene rings is 1. The first-order valence-electron chi connectivity index (χ1n) is 8.99. The van der Waals surface area contributed by atoms with Gasteiger partial charge >= 0.3 is 0 Å². The van der Waals surface area contributed by atoms with Crippen LogP contribution in [0.25, 0.3) is 0 Å². The van der Waals surface area contributed by atoms with Gasteiger partial charge in [0.05, 0.1) is 25.2 Å². The monoisotopic (exact) mass is 350 g/mol. The minimum atomic E-state index is -0.488. The zero-order valence-electron chi connectivity index (χ0n) is 15.1. The predicted octanol–water partition coefficient (Wildman–Crippen LogP) is 1.61. The lowest BCUT2D eigenvalue weighted by Gasteiger charge is -2.34. The Morgan fingerprint density at radius 2 is 1.96 bits per heavy atom. The first-order chi connectivity index (χ1) is 12.2. The van der Waals surface area contributed by atoms with Gasteiger partial charge in [-0.3, -0.25) is 4.79 Å². The summed E-state index contributed by atoms with van der Waals surface area (Å²) < 4.78 is 16.2. The van der Waals surface area contributed by atoms with Crippen molar-refractivity contribution in [2.24, 2.45) is 11.1 Å². The van der Waals surface area contributed by atoms with Gasteiger partial charge in [0.2, 0.25) is 5.91 Å². The summed E-state index contributed by atoms with van der Waals surface area (Å²) in [6.45, 7) is 6.44. The number of amides is 1. The second kappa shape index (κ2) is 10.5. The van der Waals surface area contributed by atoms with Crippen LogP contribution in [-0.2, 0) is 32.2 Å². The van der Waals surface area contributed by atoms with Crippen LogP contribution in [-0.4, -0.2) is 45.5 Å². The Hall–Kier alpha value is -1.47. The maximum atomic E-state index is 12.6. The minimum absolute atomic E-state index is 0.0247. The van der Waals surface area contributed by atoms with Gasteiger partial charge in [0.1, 0.15) is 0 Å². The molecule has 0 aromatic heterocycles. The van der Waals surface area contributed by atoms with Gasteiger partial charge in [0.25, 0.3) is 0 Å². The first-order valence-corrected chi connectivity index (χ1v) is 8.99. The Morgan fingerprint density at radius 1 is 1.24 bits per heavy atom. The molecule has 3 N–H and O–H groups in total. The van der Waals surface area contributed by atoms with Crippen LogP contribution in [0.4, 0.5) is 0 Å². The van der Waals surface area contributed by atoms with Crippen molar-refractivity contribution >= 4 is 5.91 Å². The molecule has 0 unspecified atom stereocenters. The van der Waals surface area contributed by atoms with Gasteiger partial charge in [-0.05, 0) is 30.9 Å². The van der Waals surface area contributed by atoms with E-state index in [0.717, 1.165) is 11.1 Å².